The minimum Gasteiger partial charge on any atom is -0.337 e. The highest BCUT2D eigenvalue weighted by atomic mass is 35.5. The molecule has 0 radical (unpaired) electrons. The number of amides is 1. The highest BCUT2D eigenvalue weighted by Gasteiger charge is 2.31. The summed E-state index contributed by atoms with van der Waals surface area (Å²) in [4.78, 5) is 17.2. The van der Waals surface area contributed by atoms with Gasteiger partial charge in [0.2, 0.25) is 0 Å². The lowest BCUT2D eigenvalue weighted by atomic mass is 9.89. The highest BCUT2D eigenvalue weighted by Crippen LogP contribution is 2.26. The molecule has 2 saturated heterocycles. The maximum atomic E-state index is 12.7. The molecule has 3 rings (SSSR count). The van der Waals surface area contributed by atoms with Crippen molar-refractivity contribution < 1.29 is 4.79 Å². The van der Waals surface area contributed by atoms with E-state index >= 15 is 0 Å². The minimum atomic E-state index is 0.100. The molecule has 1 aromatic rings. The monoisotopic (exact) mass is 335 g/mol. The molecule has 1 aromatic carbocycles. The summed E-state index contributed by atoms with van der Waals surface area (Å²) in [6, 6.07) is 7.26. The second kappa shape index (κ2) is 7.20. The summed E-state index contributed by atoms with van der Waals surface area (Å²) in [6.45, 7) is 9.40. The summed E-state index contributed by atoms with van der Waals surface area (Å²) >= 11 is 6.01. The van der Waals surface area contributed by atoms with E-state index in [1.165, 1.54) is 6.42 Å². The Morgan fingerprint density at radius 1 is 1.30 bits per heavy atom. The number of carbonyl (C=O) groups is 1. The van der Waals surface area contributed by atoms with Crippen LogP contribution in [0.15, 0.2) is 24.3 Å². The summed E-state index contributed by atoms with van der Waals surface area (Å²) in [5.41, 5.74) is 1.07. The molecule has 1 unspecified atom stereocenters. The normalized spacial score (nSPS) is 26.3. The van der Waals surface area contributed by atoms with Crippen LogP contribution in [-0.2, 0) is 0 Å². The van der Waals surface area contributed by atoms with Crippen LogP contribution in [0, 0.1) is 5.41 Å². The van der Waals surface area contributed by atoms with Crippen LogP contribution in [0.2, 0.25) is 5.02 Å². The molecule has 2 fully saturated rings. The molecule has 0 bridgehead atoms. The molecule has 4 nitrogen and oxygen atoms in total. The summed E-state index contributed by atoms with van der Waals surface area (Å²) < 4.78 is 0. The third-order valence-corrected chi connectivity index (χ3v) is 5.24. The molecule has 2 aliphatic rings. The van der Waals surface area contributed by atoms with E-state index in [9.17, 15) is 4.79 Å². The van der Waals surface area contributed by atoms with Crippen molar-refractivity contribution in [2.45, 2.75) is 19.8 Å². The minimum absolute atomic E-state index is 0.100. The Balaban J connectivity index is 1.58. The first-order valence-corrected chi connectivity index (χ1v) is 8.91. The van der Waals surface area contributed by atoms with Gasteiger partial charge in [-0.15, -0.1) is 0 Å². The van der Waals surface area contributed by atoms with Gasteiger partial charge in [0.05, 0.1) is 0 Å². The molecule has 0 aromatic heterocycles. The number of nitrogens with zero attached hydrogens (tertiary/aromatic N) is 2. The first-order valence-electron chi connectivity index (χ1n) is 8.54. The molecule has 1 amide bonds. The summed E-state index contributed by atoms with van der Waals surface area (Å²) in [6.07, 6.45) is 2.28. The molecular weight excluding hydrogens is 310 g/mol. The van der Waals surface area contributed by atoms with Crippen molar-refractivity contribution >= 4 is 17.5 Å². The van der Waals surface area contributed by atoms with Crippen LogP contribution in [0.4, 0.5) is 0 Å². The van der Waals surface area contributed by atoms with E-state index in [0.717, 1.165) is 52.2 Å². The highest BCUT2D eigenvalue weighted by molar-refractivity contribution is 6.30. The lowest BCUT2D eigenvalue weighted by Gasteiger charge is -2.31. The van der Waals surface area contributed by atoms with Crippen LogP contribution in [0.3, 0.4) is 0 Å². The van der Waals surface area contributed by atoms with Gasteiger partial charge >= 0.3 is 0 Å². The molecule has 1 atom stereocenters. The Kier molecular flexibility index (Phi) is 5.24. The second-order valence-corrected chi connectivity index (χ2v) is 7.61. The van der Waals surface area contributed by atoms with Crippen molar-refractivity contribution in [2.24, 2.45) is 5.41 Å². The molecule has 0 saturated carbocycles. The Morgan fingerprint density at radius 3 is 2.91 bits per heavy atom. The maximum Gasteiger partial charge on any atom is 0.253 e. The molecule has 23 heavy (non-hydrogen) atoms. The van der Waals surface area contributed by atoms with Crippen molar-refractivity contribution in [3.8, 4) is 0 Å². The molecule has 1 N–H and O–H groups in total. The number of hydrogen-bond donors (Lipinski definition) is 1. The van der Waals surface area contributed by atoms with Gasteiger partial charge in [0, 0.05) is 43.3 Å². The first kappa shape index (κ1) is 16.7. The van der Waals surface area contributed by atoms with Crippen molar-refractivity contribution in [3.05, 3.63) is 34.9 Å². The molecule has 2 heterocycles. The molecule has 0 aliphatic carbocycles. The zero-order valence-electron chi connectivity index (χ0n) is 13.9. The van der Waals surface area contributed by atoms with E-state index in [2.05, 4.69) is 17.1 Å². The Morgan fingerprint density at radius 2 is 2.17 bits per heavy atom. The number of hydrogen-bond acceptors (Lipinski definition) is 3. The number of carbonyl (C=O) groups excluding carboxylic acids is 1. The summed E-state index contributed by atoms with van der Waals surface area (Å²) in [5.74, 6) is 0.100. The van der Waals surface area contributed by atoms with Gasteiger partial charge in [-0.25, -0.2) is 0 Å². The van der Waals surface area contributed by atoms with E-state index in [4.69, 9.17) is 11.6 Å². The zero-order chi connectivity index (χ0) is 16.3. The third kappa shape index (κ3) is 4.25. The van der Waals surface area contributed by atoms with Gasteiger partial charge in [0.15, 0.2) is 0 Å². The predicted octanol–water partition coefficient (Wildman–Crippen LogP) is 2.49. The van der Waals surface area contributed by atoms with Crippen LogP contribution < -0.4 is 5.32 Å². The first-order chi connectivity index (χ1) is 11.1. The number of halogens is 1. The van der Waals surface area contributed by atoms with Crippen LogP contribution >= 0.6 is 11.6 Å². The van der Waals surface area contributed by atoms with Crippen LogP contribution in [0.1, 0.15) is 30.1 Å². The quantitative estimate of drug-likeness (QED) is 0.921. The van der Waals surface area contributed by atoms with E-state index in [1.807, 2.05) is 17.0 Å². The summed E-state index contributed by atoms with van der Waals surface area (Å²) in [5, 5.41) is 4.09. The van der Waals surface area contributed by atoms with E-state index in [1.54, 1.807) is 12.1 Å². The molecule has 0 spiro atoms. The fraction of sp³-hybridized carbons (Fsp3) is 0.611. The topological polar surface area (TPSA) is 35.6 Å². The van der Waals surface area contributed by atoms with Crippen LogP contribution in [-0.4, -0.2) is 61.5 Å². The molecule has 2 aliphatic heterocycles. The third-order valence-electron chi connectivity index (χ3n) is 5.01. The second-order valence-electron chi connectivity index (χ2n) is 7.17. The zero-order valence-corrected chi connectivity index (χ0v) is 14.6. The Bertz CT molecular complexity index is 557. The van der Waals surface area contributed by atoms with Crippen molar-refractivity contribution in [1.82, 2.24) is 15.1 Å². The fourth-order valence-electron chi connectivity index (χ4n) is 3.68. The fourth-order valence-corrected chi connectivity index (χ4v) is 3.87. The van der Waals surface area contributed by atoms with Gasteiger partial charge in [-0.1, -0.05) is 24.6 Å². The average molecular weight is 336 g/mol. The Hall–Kier alpha value is -1.10. The standard InChI is InChI=1S/C18H26ClN3O/c1-18(6-7-20-13-18)14-21-8-3-9-22(11-10-21)17(23)15-4-2-5-16(19)12-15/h2,4-5,12,20H,3,6-11,13-14H2,1H3. The lowest BCUT2D eigenvalue weighted by Crippen LogP contribution is -2.40. The van der Waals surface area contributed by atoms with Crippen molar-refractivity contribution in [2.75, 3.05) is 45.8 Å². The van der Waals surface area contributed by atoms with Gasteiger partial charge < -0.3 is 15.1 Å². The van der Waals surface area contributed by atoms with E-state index in [0.29, 0.717) is 16.0 Å². The molecule has 126 valence electrons. The van der Waals surface area contributed by atoms with Gasteiger partial charge in [-0.3, -0.25) is 4.79 Å². The van der Waals surface area contributed by atoms with E-state index in [-0.39, 0.29) is 5.91 Å². The van der Waals surface area contributed by atoms with Gasteiger partial charge in [-0.05, 0) is 49.5 Å². The average Bonchev–Trinajstić information content (AvgIpc) is 2.82. The van der Waals surface area contributed by atoms with Crippen LogP contribution in [0.5, 0.6) is 0 Å². The molecule has 5 heteroatoms. The van der Waals surface area contributed by atoms with Gasteiger partial charge in [0.25, 0.3) is 5.91 Å². The smallest absolute Gasteiger partial charge is 0.253 e. The van der Waals surface area contributed by atoms with Crippen LogP contribution in [0.25, 0.3) is 0 Å². The SMILES string of the molecule is CC1(CN2CCCN(C(=O)c3cccc(Cl)c3)CC2)CCNC1. The lowest BCUT2D eigenvalue weighted by molar-refractivity contribution is 0.0758. The van der Waals surface area contributed by atoms with Crippen molar-refractivity contribution in [3.63, 3.8) is 0 Å². The molecular formula is C18H26ClN3O. The number of rotatable bonds is 3. The van der Waals surface area contributed by atoms with E-state index < -0.39 is 0 Å². The largest absolute Gasteiger partial charge is 0.337 e. The van der Waals surface area contributed by atoms with Crippen molar-refractivity contribution in [1.29, 1.82) is 0 Å². The number of benzene rings is 1. The predicted molar refractivity (Wildman–Crippen MR) is 94.0 cm³/mol. The Labute approximate surface area is 143 Å². The number of nitrogens with one attached hydrogen (secondary N) is 1. The van der Waals surface area contributed by atoms with Gasteiger partial charge in [-0.2, -0.15) is 0 Å². The summed E-state index contributed by atoms with van der Waals surface area (Å²) in [7, 11) is 0. The van der Waals surface area contributed by atoms with Gasteiger partial charge in [0.1, 0.15) is 0 Å². The maximum absolute atomic E-state index is 12.7.